The summed E-state index contributed by atoms with van der Waals surface area (Å²) in [5.74, 6) is -0.697. The number of nitrogens with one attached hydrogen (secondary N) is 1. The highest BCUT2D eigenvalue weighted by molar-refractivity contribution is 5.94. The van der Waals surface area contributed by atoms with E-state index in [4.69, 9.17) is 0 Å². The number of rotatable bonds is 6. The van der Waals surface area contributed by atoms with Gasteiger partial charge in [0, 0.05) is 19.2 Å². The van der Waals surface area contributed by atoms with E-state index in [1.54, 1.807) is 12.1 Å². The summed E-state index contributed by atoms with van der Waals surface area (Å²) in [6.45, 7) is 5.76. The van der Waals surface area contributed by atoms with Crippen LogP contribution in [0, 0.1) is 19.7 Å². The molecule has 0 fully saturated rings. The van der Waals surface area contributed by atoms with Gasteiger partial charge in [0.2, 0.25) is 11.8 Å². The Morgan fingerprint density at radius 3 is 2.20 bits per heavy atom. The molecule has 132 valence electrons. The summed E-state index contributed by atoms with van der Waals surface area (Å²) in [7, 11) is 0. The molecule has 0 aliphatic heterocycles. The second kappa shape index (κ2) is 8.42. The first kappa shape index (κ1) is 18.6. The molecule has 0 spiro atoms. The van der Waals surface area contributed by atoms with E-state index in [0.29, 0.717) is 13.0 Å². The number of nitrogens with zero attached hydrogens (tertiary/aromatic N) is 1. The second-order valence-corrected chi connectivity index (χ2v) is 6.24. The van der Waals surface area contributed by atoms with Gasteiger partial charge in [-0.05, 0) is 61.2 Å². The van der Waals surface area contributed by atoms with E-state index in [-0.39, 0.29) is 24.2 Å². The van der Waals surface area contributed by atoms with Crippen LogP contribution in [0.1, 0.15) is 23.6 Å². The molecule has 0 heterocycles. The number of halogens is 1. The lowest BCUT2D eigenvalue weighted by molar-refractivity contribution is -0.132. The first-order chi connectivity index (χ1) is 11.8. The molecule has 2 aromatic rings. The maximum absolute atomic E-state index is 12.9. The number of aryl methyl sites for hydroxylation is 2. The smallest absolute Gasteiger partial charge is 0.243 e. The Kier molecular flexibility index (Phi) is 6.28. The van der Waals surface area contributed by atoms with Gasteiger partial charge in [0.1, 0.15) is 5.82 Å². The molecule has 0 unspecified atom stereocenters. The number of hydrogen-bond acceptors (Lipinski definition) is 2. The number of hydrogen-bond donors (Lipinski definition) is 1. The second-order valence-electron chi connectivity index (χ2n) is 6.24. The van der Waals surface area contributed by atoms with E-state index in [0.717, 1.165) is 22.4 Å². The molecule has 0 aliphatic carbocycles. The lowest BCUT2D eigenvalue weighted by Gasteiger charge is -2.20. The van der Waals surface area contributed by atoms with Crippen LogP contribution < -0.4 is 5.32 Å². The number of carbonyl (C=O) groups excluding carboxylic acids is 2. The molecule has 2 aromatic carbocycles. The van der Waals surface area contributed by atoms with Gasteiger partial charge in [-0.3, -0.25) is 9.59 Å². The molecule has 5 heteroatoms. The van der Waals surface area contributed by atoms with Gasteiger partial charge in [0.25, 0.3) is 0 Å². The molecule has 25 heavy (non-hydrogen) atoms. The van der Waals surface area contributed by atoms with E-state index in [1.807, 2.05) is 32.0 Å². The predicted molar refractivity (Wildman–Crippen MR) is 96.9 cm³/mol. The monoisotopic (exact) mass is 342 g/mol. The Labute approximate surface area is 147 Å². The summed E-state index contributed by atoms with van der Waals surface area (Å²) >= 11 is 0. The maximum Gasteiger partial charge on any atom is 0.243 e. The summed E-state index contributed by atoms with van der Waals surface area (Å²) in [5, 5.41) is 2.83. The van der Waals surface area contributed by atoms with Crippen molar-refractivity contribution < 1.29 is 14.0 Å². The molecule has 0 saturated carbocycles. The quantitative estimate of drug-likeness (QED) is 0.874. The Balaban J connectivity index is 1.94. The SMILES string of the molecule is CC(=O)N(CCc1ccc(F)cc1)CC(=O)Nc1cc(C)cc(C)c1. The highest BCUT2D eigenvalue weighted by Gasteiger charge is 2.14. The summed E-state index contributed by atoms with van der Waals surface area (Å²) < 4.78 is 12.9. The molecule has 0 aromatic heterocycles. The first-order valence-electron chi connectivity index (χ1n) is 8.21. The lowest BCUT2D eigenvalue weighted by Crippen LogP contribution is -2.38. The highest BCUT2D eigenvalue weighted by atomic mass is 19.1. The Hall–Kier alpha value is -2.69. The fourth-order valence-electron chi connectivity index (χ4n) is 2.68. The Morgan fingerprint density at radius 2 is 1.64 bits per heavy atom. The van der Waals surface area contributed by atoms with Crippen LogP contribution in [0.3, 0.4) is 0 Å². The van der Waals surface area contributed by atoms with Crippen molar-refractivity contribution in [3.05, 3.63) is 65.0 Å². The van der Waals surface area contributed by atoms with Crippen molar-refractivity contribution in [2.24, 2.45) is 0 Å². The minimum absolute atomic E-state index is 0.0104. The van der Waals surface area contributed by atoms with Gasteiger partial charge in [-0.2, -0.15) is 0 Å². The van der Waals surface area contributed by atoms with Crippen LogP contribution in [-0.2, 0) is 16.0 Å². The molecule has 1 N–H and O–H groups in total. The van der Waals surface area contributed by atoms with Crippen LogP contribution in [0.15, 0.2) is 42.5 Å². The van der Waals surface area contributed by atoms with Crippen molar-refractivity contribution in [1.82, 2.24) is 4.90 Å². The number of carbonyl (C=O) groups is 2. The summed E-state index contributed by atoms with van der Waals surface area (Å²) in [4.78, 5) is 25.5. The van der Waals surface area contributed by atoms with Crippen molar-refractivity contribution in [2.45, 2.75) is 27.2 Å². The van der Waals surface area contributed by atoms with Gasteiger partial charge in [-0.25, -0.2) is 4.39 Å². The van der Waals surface area contributed by atoms with E-state index in [2.05, 4.69) is 5.32 Å². The predicted octanol–water partition coefficient (Wildman–Crippen LogP) is 3.47. The fourth-order valence-corrected chi connectivity index (χ4v) is 2.68. The standard InChI is InChI=1S/C20H23FN2O2/c1-14-10-15(2)12-19(11-14)22-20(25)13-23(16(3)24)9-8-17-4-6-18(21)7-5-17/h4-7,10-12H,8-9,13H2,1-3H3,(H,22,25). The van der Waals surface area contributed by atoms with Crippen molar-refractivity contribution in [3.8, 4) is 0 Å². The van der Waals surface area contributed by atoms with Crippen LogP contribution in [0.5, 0.6) is 0 Å². The minimum atomic E-state index is -0.292. The van der Waals surface area contributed by atoms with Crippen LogP contribution in [-0.4, -0.2) is 29.8 Å². The molecular weight excluding hydrogens is 319 g/mol. The zero-order valence-electron chi connectivity index (χ0n) is 14.8. The summed E-state index contributed by atoms with van der Waals surface area (Å²) in [6.07, 6.45) is 0.566. The third-order valence-electron chi connectivity index (χ3n) is 3.87. The van der Waals surface area contributed by atoms with Crippen LogP contribution >= 0.6 is 0 Å². The topological polar surface area (TPSA) is 49.4 Å². The van der Waals surface area contributed by atoms with Crippen molar-refractivity contribution >= 4 is 17.5 Å². The molecule has 0 aliphatic rings. The van der Waals surface area contributed by atoms with E-state index in [9.17, 15) is 14.0 Å². The zero-order valence-corrected chi connectivity index (χ0v) is 14.8. The average Bonchev–Trinajstić information content (AvgIpc) is 2.51. The molecule has 0 bridgehead atoms. The van der Waals surface area contributed by atoms with Crippen LogP contribution in [0.2, 0.25) is 0 Å². The Bertz CT molecular complexity index is 737. The molecule has 0 saturated heterocycles. The molecule has 0 radical (unpaired) electrons. The van der Waals surface area contributed by atoms with Gasteiger partial charge in [-0.15, -0.1) is 0 Å². The van der Waals surface area contributed by atoms with Gasteiger partial charge in [-0.1, -0.05) is 18.2 Å². The van der Waals surface area contributed by atoms with Crippen molar-refractivity contribution in [2.75, 3.05) is 18.4 Å². The zero-order chi connectivity index (χ0) is 18.4. The van der Waals surface area contributed by atoms with Crippen molar-refractivity contribution in [3.63, 3.8) is 0 Å². The van der Waals surface area contributed by atoms with Gasteiger partial charge in [0.15, 0.2) is 0 Å². The van der Waals surface area contributed by atoms with Gasteiger partial charge < -0.3 is 10.2 Å². The molecule has 2 rings (SSSR count). The number of benzene rings is 2. The van der Waals surface area contributed by atoms with Gasteiger partial charge in [0.05, 0.1) is 6.54 Å². The summed E-state index contributed by atoms with van der Waals surface area (Å²) in [5.41, 5.74) is 3.77. The van der Waals surface area contributed by atoms with E-state index in [1.165, 1.54) is 24.0 Å². The number of anilines is 1. The average molecular weight is 342 g/mol. The molecule has 0 atom stereocenters. The number of amides is 2. The first-order valence-corrected chi connectivity index (χ1v) is 8.21. The van der Waals surface area contributed by atoms with Crippen molar-refractivity contribution in [1.29, 1.82) is 0 Å². The molecule has 4 nitrogen and oxygen atoms in total. The maximum atomic E-state index is 12.9. The summed E-state index contributed by atoms with van der Waals surface area (Å²) in [6, 6.07) is 12.0. The van der Waals surface area contributed by atoms with Crippen LogP contribution in [0.25, 0.3) is 0 Å². The lowest BCUT2D eigenvalue weighted by atomic mass is 10.1. The normalized spacial score (nSPS) is 10.4. The largest absolute Gasteiger partial charge is 0.333 e. The molecular formula is C20H23FN2O2. The molecule has 2 amide bonds. The van der Waals surface area contributed by atoms with E-state index >= 15 is 0 Å². The van der Waals surface area contributed by atoms with Gasteiger partial charge >= 0.3 is 0 Å². The third kappa shape index (κ3) is 6.03. The van der Waals surface area contributed by atoms with E-state index < -0.39 is 0 Å². The fraction of sp³-hybridized carbons (Fsp3) is 0.300. The van der Waals surface area contributed by atoms with Crippen LogP contribution in [0.4, 0.5) is 10.1 Å². The highest BCUT2D eigenvalue weighted by Crippen LogP contribution is 2.14. The minimum Gasteiger partial charge on any atom is -0.333 e. The third-order valence-corrected chi connectivity index (χ3v) is 3.87. The Morgan fingerprint density at radius 1 is 1.04 bits per heavy atom.